The molecule has 0 radical (unpaired) electrons. The summed E-state index contributed by atoms with van der Waals surface area (Å²) in [6.07, 6.45) is 1.59. The molecule has 0 unspecified atom stereocenters. The lowest BCUT2D eigenvalue weighted by atomic mass is 10.0. The number of carboxylic acid groups (broad SMARTS) is 1. The number of hydrogen-bond acceptors (Lipinski definition) is 2. The van der Waals surface area contributed by atoms with Gasteiger partial charge in [0.05, 0.1) is 0 Å². The minimum Gasteiger partial charge on any atom is -0.488 e. The fourth-order valence-electron chi connectivity index (χ4n) is 1.29. The summed E-state index contributed by atoms with van der Waals surface area (Å²) in [6, 6.07) is 3.34. The van der Waals surface area contributed by atoms with Gasteiger partial charge in [-0.15, -0.1) is 0 Å². The molecule has 1 aromatic rings. The van der Waals surface area contributed by atoms with E-state index in [2.05, 4.69) is 6.58 Å². The molecule has 0 aliphatic rings. The molecule has 1 N–H and O–H groups in total. The molecule has 15 heavy (non-hydrogen) atoms. The molecular formula is C12H14O3. The number of ether oxygens (including phenoxy) is 1. The van der Waals surface area contributed by atoms with E-state index in [0.717, 1.165) is 11.1 Å². The van der Waals surface area contributed by atoms with Gasteiger partial charge in [0.2, 0.25) is 0 Å². The highest BCUT2D eigenvalue weighted by Gasteiger charge is 2.14. The molecule has 3 nitrogen and oxygen atoms in total. The Morgan fingerprint density at radius 3 is 2.73 bits per heavy atom. The van der Waals surface area contributed by atoms with Crippen LogP contribution in [0.1, 0.15) is 21.5 Å². The molecule has 0 saturated heterocycles. The molecule has 0 bridgehead atoms. The maximum absolute atomic E-state index is 10.9. The van der Waals surface area contributed by atoms with E-state index >= 15 is 0 Å². The molecule has 1 rings (SSSR count). The minimum atomic E-state index is -0.975. The lowest BCUT2D eigenvalue weighted by Crippen LogP contribution is -2.05. The first-order chi connectivity index (χ1) is 7.07. The van der Waals surface area contributed by atoms with Crippen LogP contribution in [0.25, 0.3) is 0 Å². The summed E-state index contributed by atoms with van der Waals surface area (Å²) < 4.78 is 5.36. The van der Waals surface area contributed by atoms with E-state index in [4.69, 9.17) is 9.84 Å². The summed E-state index contributed by atoms with van der Waals surface area (Å²) in [4.78, 5) is 10.9. The standard InChI is InChI=1S/C12H14O3/c1-4-7-15-11-9(3)8(2)5-6-10(11)12(13)14/h4-6H,1,7H2,2-3H3,(H,13,14). The minimum absolute atomic E-state index is 0.194. The number of carboxylic acids is 1. The highest BCUT2D eigenvalue weighted by Crippen LogP contribution is 2.26. The van der Waals surface area contributed by atoms with Crippen LogP contribution in [0.2, 0.25) is 0 Å². The first kappa shape index (κ1) is 11.3. The summed E-state index contributed by atoms with van der Waals surface area (Å²) in [7, 11) is 0. The van der Waals surface area contributed by atoms with Crippen LogP contribution >= 0.6 is 0 Å². The Morgan fingerprint density at radius 2 is 2.20 bits per heavy atom. The lowest BCUT2D eigenvalue weighted by molar-refractivity contribution is 0.0692. The molecule has 0 aliphatic carbocycles. The SMILES string of the molecule is C=CCOc1c(C(=O)O)ccc(C)c1C. The Balaban J connectivity index is 3.21. The van der Waals surface area contributed by atoms with Crippen LogP contribution in [-0.2, 0) is 0 Å². The monoisotopic (exact) mass is 206 g/mol. The van der Waals surface area contributed by atoms with Crippen molar-refractivity contribution in [3.8, 4) is 5.75 Å². The second-order valence-corrected chi connectivity index (χ2v) is 3.29. The van der Waals surface area contributed by atoms with Gasteiger partial charge < -0.3 is 9.84 Å². The highest BCUT2D eigenvalue weighted by molar-refractivity contribution is 5.91. The van der Waals surface area contributed by atoms with Gasteiger partial charge in [0, 0.05) is 0 Å². The van der Waals surface area contributed by atoms with Crippen molar-refractivity contribution in [2.24, 2.45) is 0 Å². The van der Waals surface area contributed by atoms with Crippen molar-refractivity contribution < 1.29 is 14.6 Å². The van der Waals surface area contributed by atoms with Gasteiger partial charge in [-0.1, -0.05) is 18.7 Å². The van der Waals surface area contributed by atoms with Crippen molar-refractivity contribution in [3.63, 3.8) is 0 Å². The average molecular weight is 206 g/mol. The zero-order valence-corrected chi connectivity index (χ0v) is 8.91. The fourth-order valence-corrected chi connectivity index (χ4v) is 1.29. The summed E-state index contributed by atoms with van der Waals surface area (Å²) in [5, 5.41) is 8.97. The smallest absolute Gasteiger partial charge is 0.339 e. The maximum atomic E-state index is 10.9. The van der Waals surface area contributed by atoms with Crippen LogP contribution in [0.5, 0.6) is 5.75 Å². The fraction of sp³-hybridized carbons (Fsp3) is 0.250. The molecular weight excluding hydrogens is 192 g/mol. The molecule has 0 aromatic heterocycles. The quantitative estimate of drug-likeness (QED) is 0.770. The van der Waals surface area contributed by atoms with E-state index in [1.807, 2.05) is 13.8 Å². The van der Waals surface area contributed by atoms with Crippen molar-refractivity contribution in [3.05, 3.63) is 41.5 Å². The normalized spacial score (nSPS) is 9.73. The van der Waals surface area contributed by atoms with Crippen LogP contribution in [0, 0.1) is 13.8 Å². The van der Waals surface area contributed by atoms with Gasteiger partial charge in [-0.25, -0.2) is 4.79 Å². The zero-order valence-electron chi connectivity index (χ0n) is 8.91. The number of benzene rings is 1. The predicted molar refractivity (Wildman–Crippen MR) is 58.6 cm³/mol. The van der Waals surface area contributed by atoms with Crippen molar-refractivity contribution in [1.82, 2.24) is 0 Å². The maximum Gasteiger partial charge on any atom is 0.339 e. The van der Waals surface area contributed by atoms with Gasteiger partial charge >= 0.3 is 5.97 Å². The summed E-state index contributed by atoms with van der Waals surface area (Å²) in [5.74, 6) is -0.542. The van der Waals surface area contributed by atoms with Crippen LogP contribution < -0.4 is 4.74 Å². The van der Waals surface area contributed by atoms with Crippen LogP contribution in [0.15, 0.2) is 24.8 Å². The molecule has 0 heterocycles. The lowest BCUT2D eigenvalue weighted by Gasteiger charge is -2.12. The molecule has 0 atom stereocenters. The van der Waals surface area contributed by atoms with Crippen LogP contribution in [0.3, 0.4) is 0 Å². The van der Waals surface area contributed by atoms with Gasteiger partial charge in [0.25, 0.3) is 0 Å². The Hall–Kier alpha value is -1.77. The molecule has 0 spiro atoms. The Morgan fingerprint density at radius 1 is 1.53 bits per heavy atom. The number of hydrogen-bond donors (Lipinski definition) is 1. The Labute approximate surface area is 89.0 Å². The number of aromatic carboxylic acids is 1. The van der Waals surface area contributed by atoms with Crippen LogP contribution in [-0.4, -0.2) is 17.7 Å². The topological polar surface area (TPSA) is 46.5 Å². The van der Waals surface area contributed by atoms with Gasteiger partial charge in [-0.2, -0.15) is 0 Å². The molecule has 3 heteroatoms. The van der Waals surface area contributed by atoms with Crippen molar-refractivity contribution in [2.75, 3.05) is 6.61 Å². The third-order valence-corrected chi connectivity index (χ3v) is 2.25. The highest BCUT2D eigenvalue weighted by atomic mass is 16.5. The first-order valence-electron chi connectivity index (χ1n) is 4.65. The predicted octanol–water partition coefficient (Wildman–Crippen LogP) is 2.57. The van der Waals surface area contributed by atoms with Gasteiger partial charge in [0.15, 0.2) is 0 Å². The molecule has 1 aromatic carbocycles. The summed E-state index contributed by atoms with van der Waals surface area (Å²) in [5.41, 5.74) is 2.07. The van der Waals surface area contributed by atoms with Crippen molar-refractivity contribution in [2.45, 2.75) is 13.8 Å². The third-order valence-electron chi connectivity index (χ3n) is 2.25. The molecule has 80 valence electrons. The van der Waals surface area contributed by atoms with E-state index in [0.29, 0.717) is 12.4 Å². The summed E-state index contributed by atoms with van der Waals surface area (Å²) >= 11 is 0. The van der Waals surface area contributed by atoms with Crippen molar-refractivity contribution in [1.29, 1.82) is 0 Å². The third kappa shape index (κ3) is 2.37. The van der Waals surface area contributed by atoms with E-state index in [-0.39, 0.29) is 5.56 Å². The van der Waals surface area contributed by atoms with Gasteiger partial charge in [-0.05, 0) is 31.0 Å². The average Bonchev–Trinajstić information content (AvgIpc) is 2.19. The first-order valence-corrected chi connectivity index (χ1v) is 4.65. The van der Waals surface area contributed by atoms with Gasteiger partial charge in [0.1, 0.15) is 17.9 Å². The van der Waals surface area contributed by atoms with Gasteiger partial charge in [-0.3, -0.25) is 0 Å². The molecule has 0 amide bonds. The number of carbonyl (C=O) groups is 1. The van der Waals surface area contributed by atoms with Crippen LogP contribution in [0.4, 0.5) is 0 Å². The number of rotatable bonds is 4. The molecule has 0 fully saturated rings. The van der Waals surface area contributed by atoms with E-state index in [1.165, 1.54) is 0 Å². The van der Waals surface area contributed by atoms with Crippen molar-refractivity contribution >= 4 is 5.97 Å². The van der Waals surface area contributed by atoms with E-state index < -0.39 is 5.97 Å². The second-order valence-electron chi connectivity index (χ2n) is 3.29. The zero-order chi connectivity index (χ0) is 11.4. The second kappa shape index (κ2) is 4.64. The number of aryl methyl sites for hydroxylation is 1. The molecule has 0 aliphatic heterocycles. The largest absolute Gasteiger partial charge is 0.488 e. The van der Waals surface area contributed by atoms with E-state index in [9.17, 15) is 4.79 Å². The summed E-state index contributed by atoms with van der Waals surface area (Å²) in [6.45, 7) is 7.61. The molecule has 0 saturated carbocycles. The van der Waals surface area contributed by atoms with E-state index in [1.54, 1.807) is 18.2 Å². The Bertz CT molecular complexity index is 394. The Kier molecular flexibility index (Phi) is 3.50.